The van der Waals surface area contributed by atoms with Gasteiger partial charge in [-0.15, -0.1) is 11.3 Å². The number of nitrogens with zero attached hydrogens (tertiary/aromatic N) is 3. The summed E-state index contributed by atoms with van der Waals surface area (Å²) in [6.07, 6.45) is 0.422. The van der Waals surface area contributed by atoms with Crippen molar-refractivity contribution in [3.05, 3.63) is 71.4 Å². The average molecular weight is 564 g/mol. The Labute approximate surface area is 224 Å². The molecule has 3 heterocycles. The molecule has 0 radical (unpaired) electrons. The Bertz CT molecular complexity index is 1380. The zero-order valence-corrected chi connectivity index (χ0v) is 21.6. The molecule has 2 aromatic carbocycles. The minimum absolute atomic E-state index is 0.0201. The number of carbonyl (C=O) groups excluding carboxylic acids is 1. The molecule has 0 bridgehead atoms. The second-order valence-corrected chi connectivity index (χ2v) is 10.6. The molecule has 5 rings (SSSR count). The zero-order valence-electron chi connectivity index (χ0n) is 19.9. The second-order valence-electron chi connectivity index (χ2n) is 8.60. The van der Waals surface area contributed by atoms with E-state index in [-0.39, 0.29) is 23.3 Å². The van der Waals surface area contributed by atoms with Crippen molar-refractivity contribution >= 4 is 50.9 Å². The van der Waals surface area contributed by atoms with E-state index in [1.165, 1.54) is 35.6 Å². The van der Waals surface area contributed by atoms with Gasteiger partial charge >= 0.3 is 11.6 Å². The molecular weight excluding hydrogens is 539 g/mol. The minimum atomic E-state index is -4.34. The van der Waals surface area contributed by atoms with Gasteiger partial charge in [0.25, 0.3) is 0 Å². The van der Waals surface area contributed by atoms with Crippen LogP contribution < -0.4 is 10.2 Å². The van der Waals surface area contributed by atoms with Crippen LogP contribution in [0.5, 0.6) is 0 Å². The Morgan fingerprint density at radius 1 is 1.16 bits per heavy atom. The third kappa shape index (κ3) is 6.52. The number of H-pyrrole nitrogens is 1. The molecule has 200 valence electrons. The van der Waals surface area contributed by atoms with Gasteiger partial charge in [0.2, 0.25) is 0 Å². The molecule has 1 amide bonds. The lowest BCUT2D eigenvalue weighted by molar-refractivity contribution is -0.0328. The van der Waals surface area contributed by atoms with Crippen molar-refractivity contribution in [3.8, 4) is 0 Å². The average Bonchev–Trinajstić information content (AvgIpc) is 3.57. The lowest BCUT2D eigenvalue weighted by Gasteiger charge is -2.33. The van der Waals surface area contributed by atoms with Gasteiger partial charge in [-0.05, 0) is 53.7 Å². The molecule has 1 aliphatic rings. The van der Waals surface area contributed by atoms with Crippen molar-refractivity contribution in [2.24, 2.45) is 0 Å². The van der Waals surface area contributed by atoms with Crippen molar-refractivity contribution in [3.63, 3.8) is 0 Å². The van der Waals surface area contributed by atoms with Crippen LogP contribution in [0.3, 0.4) is 0 Å². The van der Waals surface area contributed by atoms with E-state index in [0.717, 1.165) is 21.7 Å². The van der Waals surface area contributed by atoms with Crippen LogP contribution in [-0.4, -0.2) is 57.8 Å². The number of halogens is 3. The quantitative estimate of drug-likeness (QED) is 0.193. The number of aromatic amines is 1. The standard InChI is InChI=1S/C25H24F3N5O3S2/c26-25(27,28)38-19-4-1-16(2-5-19)14-36-24(35)33-11-9-32(10-12-33)23-31-21(15-37-23)22(34)30-18-3-6-20-17(13-18)7-8-29-20/h1-8,13,15,22,29-30,34H,9-12,14H2. The molecule has 0 saturated carbocycles. The number of benzene rings is 2. The highest BCUT2D eigenvalue weighted by atomic mass is 32.2. The predicted molar refractivity (Wildman–Crippen MR) is 141 cm³/mol. The van der Waals surface area contributed by atoms with Gasteiger partial charge in [-0.2, -0.15) is 13.2 Å². The van der Waals surface area contributed by atoms with Crippen LogP contribution in [0.4, 0.5) is 28.8 Å². The van der Waals surface area contributed by atoms with Crippen LogP contribution in [0.25, 0.3) is 10.9 Å². The number of thiazole rings is 1. The molecule has 8 nitrogen and oxygen atoms in total. The maximum atomic E-state index is 12.5. The van der Waals surface area contributed by atoms with Crippen LogP contribution in [0.15, 0.2) is 65.0 Å². The van der Waals surface area contributed by atoms with Crippen LogP contribution in [0.2, 0.25) is 0 Å². The normalized spacial score (nSPS) is 15.1. The Hall–Kier alpha value is -3.42. The number of aromatic nitrogens is 2. The molecule has 4 aromatic rings. The summed E-state index contributed by atoms with van der Waals surface area (Å²) < 4.78 is 42.7. The maximum absolute atomic E-state index is 12.5. The van der Waals surface area contributed by atoms with Gasteiger partial charge in [0, 0.05) is 59.2 Å². The maximum Gasteiger partial charge on any atom is 0.446 e. The summed E-state index contributed by atoms with van der Waals surface area (Å²) in [5.74, 6) is 0. The topological polar surface area (TPSA) is 93.7 Å². The number of rotatable bonds is 7. The number of amides is 1. The van der Waals surface area contributed by atoms with Gasteiger partial charge in [0.05, 0.1) is 0 Å². The summed E-state index contributed by atoms with van der Waals surface area (Å²) in [4.78, 5) is 23.9. The SMILES string of the molecule is O=C(OCc1ccc(SC(F)(F)F)cc1)N1CCN(c2nc(C(O)Nc3ccc4[nH]ccc4c3)cs2)CC1. The van der Waals surface area contributed by atoms with Crippen molar-refractivity contribution < 1.29 is 27.8 Å². The smallest absolute Gasteiger partial charge is 0.445 e. The van der Waals surface area contributed by atoms with Gasteiger partial charge in [-0.3, -0.25) is 0 Å². The number of piperazine rings is 1. The lowest BCUT2D eigenvalue weighted by Crippen LogP contribution is -2.48. The van der Waals surface area contributed by atoms with E-state index in [0.29, 0.717) is 37.4 Å². The van der Waals surface area contributed by atoms with E-state index in [1.54, 1.807) is 10.3 Å². The Kier molecular flexibility index (Phi) is 7.68. The molecule has 1 fully saturated rings. The van der Waals surface area contributed by atoms with Gasteiger partial charge in [-0.1, -0.05) is 12.1 Å². The van der Waals surface area contributed by atoms with E-state index < -0.39 is 17.8 Å². The molecule has 1 unspecified atom stereocenters. The van der Waals surface area contributed by atoms with E-state index in [4.69, 9.17) is 4.74 Å². The highest BCUT2D eigenvalue weighted by Gasteiger charge is 2.29. The number of fused-ring (bicyclic) bond motifs is 1. The molecule has 1 saturated heterocycles. The number of nitrogens with one attached hydrogen (secondary N) is 2. The fraction of sp³-hybridized carbons (Fsp3) is 0.280. The summed E-state index contributed by atoms with van der Waals surface area (Å²) >= 11 is 1.24. The van der Waals surface area contributed by atoms with Crippen molar-refractivity contribution in [2.75, 3.05) is 36.4 Å². The number of hydrogen-bond donors (Lipinski definition) is 3. The number of thioether (sulfide) groups is 1. The first kappa shape index (κ1) is 26.2. The monoisotopic (exact) mass is 563 g/mol. The van der Waals surface area contributed by atoms with Crippen molar-refractivity contribution in [1.82, 2.24) is 14.9 Å². The van der Waals surface area contributed by atoms with E-state index in [1.807, 2.05) is 35.4 Å². The van der Waals surface area contributed by atoms with E-state index in [2.05, 4.69) is 15.3 Å². The molecular formula is C25H24F3N5O3S2. The highest BCUT2D eigenvalue weighted by Crippen LogP contribution is 2.36. The number of aliphatic hydroxyl groups is 1. The second kappa shape index (κ2) is 11.1. The largest absolute Gasteiger partial charge is 0.446 e. The van der Waals surface area contributed by atoms with Gasteiger partial charge in [0.15, 0.2) is 11.4 Å². The van der Waals surface area contributed by atoms with Crippen LogP contribution in [0.1, 0.15) is 17.5 Å². The number of hydrogen-bond acceptors (Lipinski definition) is 8. The van der Waals surface area contributed by atoms with Crippen LogP contribution >= 0.6 is 23.1 Å². The summed E-state index contributed by atoms with van der Waals surface area (Å²) in [5.41, 5.74) is -1.42. The molecule has 0 spiro atoms. The van der Waals surface area contributed by atoms with E-state index in [9.17, 15) is 23.1 Å². The number of anilines is 2. The molecule has 1 aliphatic heterocycles. The van der Waals surface area contributed by atoms with E-state index >= 15 is 0 Å². The minimum Gasteiger partial charge on any atom is -0.445 e. The number of ether oxygens (including phenoxy) is 1. The first-order chi connectivity index (χ1) is 18.2. The molecule has 0 aliphatic carbocycles. The van der Waals surface area contributed by atoms with Crippen molar-refractivity contribution in [1.29, 1.82) is 0 Å². The van der Waals surface area contributed by atoms with Gasteiger partial charge in [0.1, 0.15) is 12.3 Å². The third-order valence-electron chi connectivity index (χ3n) is 5.97. The molecule has 1 atom stereocenters. The Balaban J connectivity index is 1.08. The first-order valence-electron chi connectivity index (χ1n) is 11.7. The predicted octanol–water partition coefficient (Wildman–Crippen LogP) is 5.80. The number of alkyl halides is 3. The van der Waals surface area contributed by atoms with Gasteiger partial charge < -0.3 is 29.9 Å². The molecule has 3 N–H and O–H groups in total. The lowest BCUT2D eigenvalue weighted by atomic mass is 10.2. The number of aliphatic hydroxyl groups excluding tert-OH is 1. The fourth-order valence-corrected chi connectivity index (χ4v) is 5.46. The molecule has 38 heavy (non-hydrogen) atoms. The summed E-state index contributed by atoms with van der Waals surface area (Å²) in [7, 11) is 0. The van der Waals surface area contributed by atoms with Crippen molar-refractivity contribution in [2.45, 2.75) is 23.2 Å². The molecule has 13 heteroatoms. The highest BCUT2D eigenvalue weighted by molar-refractivity contribution is 8.00. The summed E-state index contributed by atoms with van der Waals surface area (Å²) in [6, 6.07) is 13.5. The van der Waals surface area contributed by atoms with Crippen LogP contribution in [0, 0.1) is 0 Å². The number of carbonyl (C=O) groups is 1. The van der Waals surface area contributed by atoms with Gasteiger partial charge in [-0.25, -0.2) is 9.78 Å². The fourth-order valence-electron chi connectivity index (χ4n) is 4.03. The Morgan fingerprint density at radius 3 is 2.66 bits per heavy atom. The summed E-state index contributed by atoms with van der Waals surface area (Å²) in [5, 5.41) is 17.3. The van der Waals surface area contributed by atoms with Crippen LogP contribution in [-0.2, 0) is 11.3 Å². The molecule has 2 aromatic heterocycles. The summed E-state index contributed by atoms with van der Waals surface area (Å²) in [6.45, 7) is 1.96. The first-order valence-corrected chi connectivity index (χ1v) is 13.4. The third-order valence-corrected chi connectivity index (χ3v) is 7.63. The Morgan fingerprint density at radius 2 is 1.92 bits per heavy atom. The zero-order chi connectivity index (χ0) is 26.7.